The van der Waals surface area contributed by atoms with Crippen molar-refractivity contribution in [2.75, 3.05) is 18.0 Å². The Hall–Kier alpha value is -1.02. The fourth-order valence-corrected chi connectivity index (χ4v) is 2.37. The second kappa shape index (κ2) is 8.21. The number of nitrogens with one attached hydrogen (secondary N) is 1. The molecule has 0 aromatic heterocycles. The van der Waals surface area contributed by atoms with Crippen LogP contribution in [0.5, 0.6) is 0 Å². The third-order valence-corrected chi connectivity index (χ3v) is 3.26. The van der Waals surface area contributed by atoms with E-state index in [1.54, 1.807) is 0 Å². The van der Waals surface area contributed by atoms with Gasteiger partial charge in [-0.15, -0.1) is 0 Å². The molecule has 0 bridgehead atoms. The van der Waals surface area contributed by atoms with Crippen LogP contribution in [0.25, 0.3) is 0 Å². The molecule has 0 radical (unpaired) electrons. The Kier molecular flexibility index (Phi) is 6.93. The summed E-state index contributed by atoms with van der Waals surface area (Å²) in [7, 11) is 0. The van der Waals surface area contributed by atoms with Gasteiger partial charge in [0.15, 0.2) is 0 Å². The summed E-state index contributed by atoms with van der Waals surface area (Å²) in [5.41, 5.74) is 4.18. The zero-order valence-corrected chi connectivity index (χ0v) is 13.3. The minimum Gasteiger partial charge on any atom is -0.371 e. The first-order chi connectivity index (χ1) is 9.08. The molecular formula is C17H30N2. The first-order valence-corrected chi connectivity index (χ1v) is 7.66. The number of rotatable bonds is 8. The third kappa shape index (κ3) is 5.23. The average Bonchev–Trinajstić information content (AvgIpc) is 2.36. The Labute approximate surface area is 119 Å². The van der Waals surface area contributed by atoms with Crippen LogP contribution in [-0.2, 0) is 6.54 Å². The van der Waals surface area contributed by atoms with Gasteiger partial charge in [-0.05, 0) is 31.4 Å². The van der Waals surface area contributed by atoms with Crippen molar-refractivity contribution in [3.63, 3.8) is 0 Å². The molecule has 0 unspecified atom stereocenters. The highest BCUT2D eigenvalue weighted by molar-refractivity contribution is 5.55. The lowest BCUT2D eigenvalue weighted by atomic mass is 10.1. The van der Waals surface area contributed by atoms with Gasteiger partial charge in [-0.25, -0.2) is 0 Å². The molecule has 0 amide bonds. The number of benzene rings is 1. The van der Waals surface area contributed by atoms with E-state index in [1.807, 2.05) is 0 Å². The Morgan fingerprint density at radius 1 is 1.11 bits per heavy atom. The summed E-state index contributed by atoms with van der Waals surface area (Å²) in [5, 5.41) is 3.54. The van der Waals surface area contributed by atoms with Crippen LogP contribution < -0.4 is 10.2 Å². The first kappa shape index (κ1) is 16.0. The van der Waals surface area contributed by atoms with Gasteiger partial charge in [0.05, 0.1) is 0 Å². The zero-order valence-electron chi connectivity index (χ0n) is 13.3. The van der Waals surface area contributed by atoms with Crippen molar-refractivity contribution in [3.05, 3.63) is 29.3 Å². The second-order valence-corrected chi connectivity index (χ2v) is 5.65. The normalized spacial score (nSPS) is 11.1. The minimum atomic E-state index is 0.527. The highest BCUT2D eigenvalue weighted by Gasteiger charge is 2.10. The third-order valence-electron chi connectivity index (χ3n) is 3.26. The Bertz CT molecular complexity index is 366. The van der Waals surface area contributed by atoms with Gasteiger partial charge in [0.25, 0.3) is 0 Å². The van der Waals surface area contributed by atoms with E-state index in [9.17, 15) is 0 Å². The predicted octanol–water partition coefficient (Wildman–Crippen LogP) is 4.12. The van der Waals surface area contributed by atoms with E-state index in [2.05, 4.69) is 63.0 Å². The van der Waals surface area contributed by atoms with Crippen LogP contribution in [0, 0.1) is 6.92 Å². The van der Waals surface area contributed by atoms with E-state index in [0.717, 1.165) is 19.6 Å². The van der Waals surface area contributed by atoms with Crippen molar-refractivity contribution in [1.29, 1.82) is 0 Å². The van der Waals surface area contributed by atoms with Crippen molar-refractivity contribution >= 4 is 5.69 Å². The highest BCUT2D eigenvalue weighted by atomic mass is 15.1. The number of hydrogen-bond acceptors (Lipinski definition) is 2. The molecule has 1 N–H and O–H groups in total. The topological polar surface area (TPSA) is 15.3 Å². The van der Waals surface area contributed by atoms with Crippen molar-refractivity contribution < 1.29 is 0 Å². The second-order valence-electron chi connectivity index (χ2n) is 5.65. The molecule has 0 heterocycles. The summed E-state index contributed by atoms with van der Waals surface area (Å²) in [5.74, 6) is 0. The molecule has 0 atom stereocenters. The van der Waals surface area contributed by atoms with E-state index < -0.39 is 0 Å². The molecule has 2 heteroatoms. The molecule has 0 saturated heterocycles. The van der Waals surface area contributed by atoms with Crippen LogP contribution in [0.2, 0.25) is 0 Å². The van der Waals surface area contributed by atoms with E-state index in [4.69, 9.17) is 0 Å². The lowest BCUT2D eigenvalue weighted by Gasteiger charge is -2.27. The molecule has 108 valence electrons. The first-order valence-electron chi connectivity index (χ1n) is 7.66. The van der Waals surface area contributed by atoms with E-state index in [1.165, 1.54) is 29.7 Å². The standard InChI is InChI=1S/C17H30N2/c1-6-10-19(11-7-2)17-9-8-15(5)12-16(17)13-18-14(3)4/h8-9,12,14,18H,6-7,10-11,13H2,1-5H3. The molecule has 0 saturated carbocycles. The number of anilines is 1. The van der Waals surface area contributed by atoms with E-state index in [-0.39, 0.29) is 0 Å². The summed E-state index contributed by atoms with van der Waals surface area (Å²) >= 11 is 0. The molecule has 0 fully saturated rings. The summed E-state index contributed by atoms with van der Waals surface area (Å²) in [6.45, 7) is 14.3. The lowest BCUT2D eigenvalue weighted by molar-refractivity contribution is 0.587. The molecule has 0 aliphatic rings. The van der Waals surface area contributed by atoms with Crippen LogP contribution in [0.3, 0.4) is 0 Å². The van der Waals surface area contributed by atoms with Gasteiger partial charge >= 0.3 is 0 Å². The van der Waals surface area contributed by atoms with Gasteiger partial charge in [0.1, 0.15) is 0 Å². The fraction of sp³-hybridized carbons (Fsp3) is 0.647. The summed E-state index contributed by atoms with van der Waals surface area (Å²) in [6, 6.07) is 7.37. The molecule has 2 nitrogen and oxygen atoms in total. The average molecular weight is 262 g/mol. The smallest absolute Gasteiger partial charge is 0.0412 e. The summed E-state index contributed by atoms with van der Waals surface area (Å²) in [6.07, 6.45) is 2.40. The quantitative estimate of drug-likeness (QED) is 0.758. The van der Waals surface area contributed by atoms with Crippen LogP contribution in [-0.4, -0.2) is 19.1 Å². The van der Waals surface area contributed by atoms with Crippen molar-refractivity contribution in [2.45, 2.75) is 60.0 Å². The number of aryl methyl sites for hydroxylation is 1. The minimum absolute atomic E-state index is 0.527. The Balaban J connectivity index is 2.95. The lowest BCUT2D eigenvalue weighted by Crippen LogP contribution is -2.28. The predicted molar refractivity (Wildman–Crippen MR) is 85.9 cm³/mol. The van der Waals surface area contributed by atoms with Gasteiger partial charge in [0, 0.05) is 31.4 Å². The van der Waals surface area contributed by atoms with Crippen molar-refractivity contribution in [1.82, 2.24) is 5.32 Å². The summed E-state index contributed by atoms with van der Waals surface area (Å²) < 4.78 is 0. The maximum atomic E-state index is 3.54. The molecule has 0 aliphatic heterocycles. The van der Waals surface area contributed by atoms with Crippen molar-refractivity contribution in [3.8, 4) is 0 Å². The van der Waals surface area contributed by atoms with Gasteiger partial charge < -0.3 is 10.2 Å². The van der Waals surface area contributed by atoms with Crippen LogP contribution in [0.15, 0.2) is 18.2 Å². The largest absolute Gasteiger partial charge is 0.371 e. The van der Waals surface area contributed by atoms with Gasteiger partial charge in [-0.1, -0.05) is 45.4 Å². The Morgan fingerprint density at radius 3 is 2.26 bits per heavy atom. The summed E-state index contributed by atoms with van der Waals surface area (Å²) in [4.78, 5) is 2.52. The molecule has 19 heavy (non-hydrogen) atoms. The van der Waals surface area contributed by atoms with Gasteiger partial charge in [0.2, 0.25) is 0 Å². The van der Waals surface area contributed by atoms with E-state index >= 15 is 0 Å². The maximum Gasteiger partial charge on any atom is 0.0412 e. The van der Waals surface area contributed by atoms with Crippen LogP contribution >= 0.6 is 0 Å². The molecule has 1 rings (SSSR count). The van der Waals surface area contributed by atoms with Gasteiger partial charge in [-0.2, -0.15) is 0 Å². The van der Waals surface area contributed by atoms with Gasteiger partial charge in [-0.3, -0.25) is 0 Å². The zero-order chi connectivity index (χ0) is 14.3. The van der Waals surface area contributed by atoms with E-state index in [0.29, 0.717) is 6.04 Å². The fourth-order valence-electron chi connectivity index (χ4n) is 2.37. The van der Waals surface area contributed by atoms with Crippen LogP contribution in [0.1, 0.15) is 51.7 Å². The molecule has 1 aromatic rings. The van der Waals surface area contributed by atoms with Crippen LogP contribution in [0.4, 0.5) is 5.69 Å². The molecule has 0 aliphatic carbocycles. The maximum absolute atomic E-state index is 3.54. The molecular weight excluding hydrogens is 232 g/mol. The molecule has 1 aromatic carbocycles. The molecule has 0 spiro atoms. The van der Waals surface area contributed by atoms with Crippen molar-refractivity contribution in [2.24, 2.45) is 0 Å². The Morgan fingerprint density at radius 2 is 1.74 bits per heavy atom. The monoisotopic (exact) mass is 262 g/mol. The number of hydrogen-bond donors (Lipinski definition) is 1. The highest BCUT2D eigenvalue weighted by Crippen LogP contribution is 2.23. The SMILES string of the molecule is CCCN(CCC)c1ccc(C)cc1CNC(C)C. The number of nitrogens with zero attached hydrogens (tertiary/aromatic N) is 1.